The molecule has 0 saturated carbocycles. The van der Waals surface area contributed by atoms with Crippen LogP contribution in [0.2, 0.25) is 0 Å². The van der Waals surface area contributed by atoms with E-state index >= 15 is 0 Å². The van der Waals surface area contributed by atoms with Crippen LogP contribution in [-0.2, 0) is 13.7 Å². The quantitative estimate of drug-likeness (QED) is 0.425. The van der Waals surface area contributed by atoms with Crippen LogP contribution in [0.25, 0.3) is 10.8 Å². The highest BCUT2D eigenvalue weighted by Crippen LogP contribution is 2.62. The van der Waals surface area contributed by atoms with Crippen LogP contribution in [-0.4, -0.2) is 51.3 Å². The van der Waals surface area contributed by atoms with Crippen molar-refractivity contribution < 1.29 is 56.3 Å². The zero-order valence-electron chi connectivity index (χ0n) is 16.3. The first kappa shape index (κ1) is 26.4. The van der Waals surface area contributed by atoms with Crippen LogP contribution in [0.4, 0.5) is 39.5 Å². The van der Waals surface area contributed by atoms with E-state index in [1.54, 1.807) is 6.07 Å². The SMILES string of the molecule is COc1ccc2ccccc2c1S(C)(C)OS(=O)(=O)C(F)(F)C(F)(F)C(F)(F)C(F)(F)F. The normalized spacial score (nSPS) is 15.1. The maximum absolute atomic E-state index is 14.1. The average Bonchev–Trinajstić information content (AvgIpc) is 2.64. The molecule has 4 nitrogen and oxygen atoms in total. The Kier molecular flexibility index (Phi) is 6.49. The average molecular weight is 518 g/mol. The fourth-order valence-corrected chi connectivity index (χ4v) is 6.91. The minimum atomic E-state index is -7.38. The van der Waals surface area contributed by atoms with Crippen molar-refractivity contribution >= 4 is 31.2 Å². The van der Waals surface area contributed by atoms with E-state index < -0.39 is 43.7 Å². The van der Waals surface area contributed by atoms with E-state index in [1.165, 1.54) is 30.3 Å². The van der Waals surface area contributed by atoms with Gasteiger partial charge in [0.1, 0.15) is 5.75 Å². The van der Waals surface area contributed by atoms with Crippen molar-refractivity contribution in [2.24, 2.45) is 0 Å². The Balaban J connectivity index is 2.64. The van der Waals surface area contributed by atoms with Crippen LogP contribution in [0, 0.1) is 0 Å². The van der Waals surface area contributed by atoms with Crippen LogP contribution < -0.4 is 4.74 Å². The van der Waals surface area contributed by atoms with Crippen LogP contribution >= 0.6 is 10.3 Å². The Hall–Kier alpha value is -1.87. The number of alkyl halides is 9. The van der Waals surface area contributed by atoms with E-state index in [0.29, 0.717) is 5.39 Å². The highest BCUT2D eigenvalue weighted by atomic mass is 32.3. The summed E-state index contributed by atoms with van der Waals surface area (Å²) in [6.45, 7) is 0. The van der Waals surface area contributed by atoms with Crippen molar-refractivity contribution in [2.75, 3.05) is 19.6 Å². The summed E-state index contributed by atoms with van der Waals surface area (Å²) in [7, 11) is -9.49. The molecule has 0 spiro atoms. The summed E-state index contributed by atoms with van der Waals surface area (Å²) >= 11 is 0. The summed E-state index contributed by atoms with van der Waals surface area (Å²) in [6.07, 6.45) is -5.38. The zero-order chi connectivity index (χ0) is 25.0. The third-order valence-electron chi connectivity index (χ3n) is 4.24. The number of halogens is 9. The molecule has 0 unspecified atom stereocenters. The Morgan fingerprint density at radius 2 is 1.31 bits per heavy atom. The first-order valence-corrected chi connectivity index (χ1v) is 12.0. The smallest absolute Gasteiger partial charge is 0.460 e. The third-order valence-corrected chi connectivity index (χ3v) is 8.61. The van der Waals surface area contributed by atoms with Gasteiger partial charge in [0, 0.05) is 0 Å². The molecule has 2 aromatic rings. The first-order chi connectivity index (χ1) is 14.2. The minimum absolute atomic E-state index is 0.116. The molecule has 0 radical (unpaired) electrons. The van der Waals surface area contributed by atoms with Gasteiger partial charge in [-0.15, -0.1) is 0 Å². The number of ether oxygens (including phenoxy) is 1. The molecule has 0 atom stereocenters. The van der Waals surface area contributed by atoms with Gasteiger partial charge in [0.05, 0.1) is 12.0 Å². The number of benzene rings is 2. The van der Waals surface area contributed by atoms with Gasteiger partial charge in [0.2, 0.25) is 0 Å². The van der Waals surface area contributed by atoms with Gasteiger partial charge in [0.15, 0.2) is 0 Å². The van der Waals surface area contributed by atoms with Crippen LogP contribution in [0.15, 0.2) is 41.3 Å². The summed E-state index contributed by atoms with van der Waals surface area (Å²) in [5.41, 5.74) is 0. The predicted octanol–water partition coefficient (Wildman–Crippen LogP) is 5.96. The monoisotopic (exact) mass is 518 g/mol. The lowest BCUT2D eigenvalue weighted by molar-refractivity contribution is -0.382. The minimum Gasteiger partial charge on any atom is -0.496 e. The molecule has 2 rings (SSSR count). The van der Waals surface area contributed by atoms with E-state index in [4.69, 9.17) is 4.74 Å². The molecule has 0 amide bonds. The predicted molar refractivity (Wildman–Crippen MR) is 99.1 cm³/mol. The van der Waals surface area contributed by atoms with Crippen molar-refractivity contribution in [2.45, 2.75) is 28.2 Å². The van der Waals surface area contributed by atoms with E-state index in [9.17, 15) is 47.9 Å². The van der Waals surface area contributed by atoms with Gasteiger partial charge < -0.3 is 4.74 Å². The van der Waals surface area contributed by atoms with Crippen molar-refractivity contribution in [1.82, 2.24) is 0 Å². The lowest BCUT2D eigenvalue weighted by Gasteiger charge is -2.37. The van der Waals surface area contributed by atoms with Gasteiger partial charge in [0.25, 0.3) is 0 Å². The van der Waals surface area contributed by atoms with Gasteiger partial charge in [-0.25, -0.2) is 3.63 Å². The molecule has 32 heavy (non-hydrogen) atoms. The Bertz CT molecular complexity index is 1110. The summed E-state index contributed by atoms with van der Waals surface area (Å²) in [4.78, 5) is -0.177. The van der Waals surface area contributed by atoms with Crippen LogP contribution in [0.5, 0.6) is 5.75 Å². The number of hydrogen-bond donors (Lipinski definition) is 0. The molecule has 0 N–H and O–H groups in total. The second-order valence-electron chi connectivity index (χ2n) is 6.74. The number of fused-ring (bicyclic) bond motifs is 1. The van der Waals surface area contributed by atoms with E-state index in [-0.39, 0.29) is 16.0 Å². The number of methoxy groups -OCH3 is 1. The highest BCUT2D eigenvalue weighted by Gasteiger charge is 2.86. The Morgan fingerprint density at radius 3 is 1.81 bits per heavy atom. The molecular weight excluding hydrogens is 503 g/mol. The van der Waals surface area contributed by atoms with Crippen molar-refractivity contribution in [1.29, 1.82) is 0 Å². The van der Waals surface area contributed by atoms with Gasteiger partial charge in [-0.3, -0.25) is 0 Å². The summed E-state index contributed by atoms with van der Waals surface area (Å²) in [6, 6.07) is 8.72. The lowest BCUT2D eigenvalue weighted by Crippen LogP contribution is -2.63. The van der Waals surface area contributed by atoms with Gasteiger partial charge >= 0.3 is 33.4 Å². The lowest BCUT2D eigenvalue weighted by atomic mass is 10.1. The Labute approximate surface area is 177 Å². The first-order valence-electron chi connectivity index (χ1n) is 8.19. The summed E-state index contributed by atoms with van der Waals surface area (Å²) in [5.74, 6) is -14.9. The van der Waals surface area contributed by atoms with E-state index in [0.717, 1.165) is 19.6 Å². The fourth-order valence-electron chi connectivity index (χ4n) is 2.71. The molecule has 15 heteroatoms. The summed E-state index contributed by atoms with van der Waals surface area (Å²) in [5, 5.41) is -6.33. The maximum atomic E-state index is 14.1. The molecule has 0 saturated heterocycles. The van der Waals surface area contributed by atoms with Crippen molar-refractivity contribution in [3.05, 3.63) is 36.4 Å². The van der Waals surface area contributed by atoms with Gasteiger partial charge in [-0.2, -0.15) is 47.9 Å². The molecule has 0 aromatic heterocycles. The largest absolute Gasteiger partial charge is 0.496 e. The van der Waals surface area contributed by atoms with E-state index in [1.807, 2.05) is 0 Å². The van der Waals surface area contributed by atoms with Crippen molar-refractivity contribution in [3.63, 3.8) is 0 Å². The second kappa shape index (κ2) is 7.87. The standard InChI is InChI=1S/C17H15F9O4S2/c1-29-12-9-8-10-6-4-5-7-11(10)13(12)31(2,3)30-32(27,28)17(25,26)15(20,21)14(18,19)16(22,23)24/h4-9H,1-3H3. The highest BCUT2D eigenvalue weighted by molar-refractivity contribution is 8.32. The molecule has 0 aliphatic heterocycles. The molecule has 0 fully saturated rings. The zero-order valence-corrected chi connectivity index (χ0v) is 17.9. The number of rotatable bonds is 7. The van der Waals surface area contributed by atoms with E-state index in [2.05, 4.69) is 3.63 Å². The Morgan fingerprint density at radius 1 is 0.781 bits per heavy atom. The molecule has 0 heterocycles. The molecular formula is C17H15F9O4S2. The fraction of sp³-hybridized carbons (Fsp3) is 0.412. The molecule has 0 bridgehead atoms. The molecule has 182 valence electrons. The molecule has 0 aliphatic carbocycles. The summed E-state index contributed by atoms with van der Waals surface area (Å²) < 4.78 is 152. The van der Waals surface area contributed by atoms with Gasteiger partial charge in [-0.05, 0) is 29.4 Å². The number of hydrogen-bond acceptors (Lipinski definition) is 4. The third kappa shape index (κ3) is 3.98. The maximum Gasteiger partial charge on any atom is 0.460 e. The van der Waals surface area contributed by atoms with Crippen LogP contribution in [0.3, 0.4) is 0 Å². The molecule has 0 aliphatic rings. The van der Waals surface area contributed by atoms with Crippen molar-refractivity contribution in [3.8, 4) is 5.75 Å². The van der Waals surface area contributed by atoms with Crippen LogP contribution in [0.1, 0.15) is 0 Å². The second-order valence-corrected chi connectivity index (χ2v) is 11.6. The van der Waals surface area contributed by atoms with Gasteiger partial charge in [-0.1, -0.05) is 40.6 Å². The topological polar surface area (TPSA) is 52.6 Å². The molecule has 2 aromatic carbocycles.